The van der Waals surface area contributed by atoms with Crippen molar-refractivity contribution in [2.45, 2.75) is 19.4 Å². The number of carbonyl (C=O) groups excluding carboxylic acids is 1. The highest BCUT2D eigenvalue weighted by atomic mass is 35.5. The van der Waals surface area contributed by atoms with E-state index in [1.54, 1.807) is 6.07 Å². The number of carbonyl (C=O) groups is 1. The van der Waals surface area contributed by atoms with Gasteiger partial charge in [0.05, 0.1) is 5.54 Å². The van der Waals surface area contributed by atoms with Crippen LogP contribution in [-0.2, 0) is 4.79 Å². The van der Waals surface area contributed by atoms with E-state index in [0.29, 0.717) is 5.82 Å². The predicted molar refractivity (Wildman–Crippen MR) is 74.2 cm³/mol. The van der Waals surface area contributed by atoms with Crippen LogP contribution in [0.25, 0.3) is 0 Å². The Hall–Kier alpha value is -1.24. The van der Waals surface area contributed by atoms with Gasteiger partial charge in [0.15, 0.2) is 0 Å². The summed E-state index contributed by atoms with van der Waals surface area (Å²) >= 11 is 5.70. The van der Waals surface area contributed by atoms with Gasteiger partial charge in [-0.15, -0.1) is 0 Å². The Bertz CT molecular complexity index is 459. The van der Waals surface area contributed by atoms with E-state index in [0.717, 1.165) is 26.2 Å². The van der Waals surface area contributed by atoms with Gasteiger partial charge < -0.3 is 10.6 Å². The fourth-order valence-corrected chi connectivity index (χ4v) is 2.19. The first-order valence-corrected chi connectivity index (χ1v) is 6.64. The number of anilines is 1. The van der Waals surface area contributed by atoms with E-state index in [1.807, 2.05) is 13.8 Å². The monoisotopic (exact) mass is 283 g/mol. The van der Waals surface area contributed by atoms with Crippen LogP contribution in [0.3, 0.4) is 0 Å². The quantitative estimate of drug-likeness (QED) is 0.801. The Morgan fingerprint density at radius 3 is 2.79 bits per heavy atom. The lowest BCUT2D eigenvalue weighted by molar-refractivity contribution is -0.126. The van der Waals surface area contributed by atoms with E-state index < -0.39 is 5.54 Å². The largest absolute Gasteiger partial charge is 0.314 e. The Labute approximate surface area is 117 Å². The smallest absolute Gasteiger partial charge is 0.245 e. The molecule has 2 heterocycles. The molecule has 1 aliphatic heterocycles. The highest BCUT2D eigenvalue weighted by molar-refractivity contribution is 6.28. The van der Waals surface area contributed by atoms with Crippen molar-refractivity contribution in [3.8, 4) is 0 Å². The minimum absolute atomic E-state index is 0.0934. The summed E-state index contributed by atoms with van der Waals surface area (Å²) in [7, 11) is 0. The average Bonchev–Trinajstić information content (AvgIpc) is 2.39. The molecule has 0 spiro atoms. The maximum Gasteiger partial charge on any atom is 0.245 e. The molecule has 0 aliphatic carbocycles. The van der Waals surface area contributed by atoms with E-state index in [9.17, 15) is 4.79 Å². The fourth-order valence-electron chi connectivity index (χ4n) is 2.04. The molecular formula is C12H18ClN5O. The van der Waals surface area contributed by atoms with Crippen LogP contribution < -0.4 is 10.6 Å². The van der Waals surface area contributed by atoms with E-state index >= 15 is 0 Å². The summed E-state index contributed by atoms with van der Waals surface area (Å²) in [6.45, 7) is 7.33. The van der Waals surface area contributed by atoms with Gasteiger partial charge in [0.2, 0.25) is 11.2 Å². The second kappa shape index (κ2) is 5.81. The highest BCUT2D eigenvalue weighted by Crippen LogP contribution is 2.17. The molecule has 1 aromatic rings. The number of hydrogen-bond donors (Lipinski definition) is 2. The first-order chi connectivity index (χ1) is 9.00. The van der Waals surface area contributed by atoms with Gasteiger partial charge in [0, 0.05) is 32.4 Å². The molecule has 1 amide bonds. The van der Waals surface area contributed by atoms with Crippen LogP contribution in [0.2, 0.25) is 5.28 Å². The summed E-state index contributed by atoms with van der Waals surface area (Å²) in [4.78, 5) is 22.3. The summed E-state index contributed by atoms with van der Waals surface area (Å²) in [6.07, 6.45) is 1.52. The summed E-state index contributed by atoms with van der Waals surface area (Å²) in [5, 5.41) is 6.18. The Kier molecular flexibility index (Phi) is 4.34. The molecule has 19 heavy (non-hydrogen) atoms. The first kappa shape index (κ1) is 14.2. The van der Waals surface area contributed by atoms with Crippen LogP contribution >= 0.6 is 11.6 Å². The summed E-state index contributed by atoms with van der Waals surface area (Å²) in [6, 6.07) is 1.62. The van der Waals surface area contributed by atoms with Crippen molar-refractivity contribution in [3.63, 3.8) is 0 Å². The van der Waals surface area contributed by atoms with Gasteiger partial charge in [0.1, 0.15) is 5.82 Å². The molecule has 0 saturated carbocycles. The predicted octanol–water partition coefficient (Wildman–Crippen LogP) is 0.752. The van der Waals surface area contributed by atoms with Crippen LogP contribution in [0.5, 0.6) is 0 Å². The first-order valence-electron chi connectivity index (χ1n) is 6.26. The summed E-state index contributed by atoms with van der Waals surface area (Å²) < 4.78 is 0. The molecule has 0 aromatic carbocycles. The fraction of sp³-hybridized carbons (Fsp3) is 0.583. The molecule has 1 saturated heterocycles. The third-order valence-corrected chi connectivity index (χ3v) is 3.51. The van der Waals surface area contributed by atoms with Crippen LogP contribution in [0, 0.1) is 0 Å². The van der Waals surface area contributed by atoms with Gasteiger partial charge >= 0.3 is 0 Å². The molecule has 104 valence electrons. The Morgan fingerprint density at radius 1 is 1.47 bits per heavy atom. The van der Waals surface area contributed by atoms with Gasteiger partial charge in [-0.05, 0) is 31.5 Å². The van der Waals surface area contributed by atoms with Crippen LogP contribution in [0.4, 0.5) is 5.82 Å². The highest BCUT2D eigenvalue weighted by Gasteiger charge is 2.35. The Morgan fingerprint density at radius 2 is 2.16 bits per heavy atom. The molecule has 0 bridgehead atoms. The van der Waals surface area contributed by atoms with Crippen molar-refractivity contribution in [1.82, 2.24) is 20.2 Å². The zero-order chi connectivity index (χ0) is 13.9. The number of aromatic nitrogens is 2. The maximum atomic E-state index is 12.4. The lowest BCUT2D eigenvalue weighted by Gasteiger charge is -2.39. The van der Waals surface area contributed by atoms with Gasteiger partial charge in [-0.1, -0.05) is 0 Å². The minimum Gasteiger partial charge on any atom is -0.314 e. The molecule has 6 nitrogen and oxygen atoms in total. The third kappa shape index (κ3) is 3.40. The van der Waals surface area contributed by atoms with E-state index in [4.69, 9.17) is 11.6 Å². The summed E-state index contributed by atoms with van der Waals surface area (Å²) in [5.74, 6) is 0.331. The maximum absolute atomic E-state index is 12.4. The zero-order valence-corrected chi connectivity index (χ0v) is 11.9. The van der Waals surface area contributed by atoms with Gasteiger partial charge in [-0.3, -0.25) is 9.69 Å². The zero-order valence-electron chi connectivity index (χ0n) is 11.1. The number of hydrogen-bond acceptors (Lipinski definition) is 5. The van der Waals surface area contributed by atoms with Crippen LogP contribution in [0.15, 0.2) is 12.3 Å². The molecule has 2 N–H and O–H groups in total. The third-order valence-electron chi connectivity index (χ3n) is 3.33. The van der Waals surface area contributed by atoms with Gasteiger partial charge in [0.25, 0.3) is 0 Å². The van der Waals surface area contributed by atoms with Gasteiger partial charge in [-0.25, -0.2) is 9.97 Å². The number of halogens is 1. The second-order valence-corrected chi connectivity index (χ2v) is 5.30. The molecule has 7 heteroatoms. The Balaban J connectivity index is 2.05. The number of amides is 1. The lowest BCUT2D eigenvalue weighted by atomic mass is 10.0. The number of nitrogens with zero attached hydrogens (tertiary/aromatic N) is 3. The number of piperazine rings is 1. The molecule has 1 fully saturated rings. The normalized spacial score (nSPS) is 17.2. The molecule has 0 radical (unpaired) electrons. The molecule has 2 rings (SSSR count). The molecule has 0 unspecified atom stereocenters. The number of rotatable bonds is 3. The molecule has 1 aromatic heterocycles. The van der Waals surface area contributed by atoms with Crippen molar-refractivity contribution < 1.29 is 4.79 Å². The SMILES string of the molecule is CC(C)(C(=O)Nc1ccnc(Cl)n1)N1CCNCC1. The molecule has 1 aliphatic rings. The van der Waals surface area contributed by atoms with E-state index in [1.165, 1.54) is 6.20 Å². The van der Waals surface area contributed by atoms with E-state index in [2.05, 4.69) is 25.5 Å². The van der Waals surface area contributed by atoms with Crippen molar-refractivity contribution in [3.05, 3.63) is 17.5 Å². The topological polar surface area (TPSA) is 70.2 Å². The van der Waals surface area contributed by atoms with Crippen molar-refractivity contribution in [2.75, 3.05) is 31.5 Å². The van der Waals surface area contributed by atoms with E-state index in [-0.39, 0.29) is 11.2 Å². The molecule has 0 atom stereocenters. The van der Waals surface area contributed by atoms with Gasteiger partial charge in [-0.2, -0.15) is 0 Å². The molecular weight excluding hydrogens is 266 g/mol. The lowest BCUT2D eigenvalue weighted by Crippen LogP contribution is -2.58. The summed E-state index contributed by atoms with van der Waals surface area (Å²) in [5.41, 5.74) is -0.584. The van der Waals surface area contributed by atoms with Crippen molar-refractivity contribution in [1.29, 1.82) is 0 Å². The van der Waals surface area contributed by atoms with Crippen LogP contribution in [0.1, 0.15) is 13.8 Å². The second-order valence-electron chi connectivity index (χ2n) is 4.96. The van der Waals surface area contributed by atoms with Crippen LogP contribution in [-0.4, -0.2) is 52.5 Å². The van der Waals surface area contributed by atoms with Crippen molar-refractivity contribution in [2.24, 2.45) is 0 Å². The minimum atomic E-state index is -0.584. The average molecular weight is 284 g/mol. The number of nitrogens with one attached hydrogen (secondary N) is 2. The standard InChI is InChI=1S/C12H18ClN5O/c1-12(2,18-7-5-14-6-8-18)10(19)16-9-3-4-15-11(13)17-9/h3-4,14H,5-8H2,1-2H3,(H,15,16,17,19). The van der Waals surface area contributed by atoms with Crippen molar-refractivity contribution >= 4 is 23.3 Å².